The van der Waals surface area contributed by atoms with Gasteiger partial charge in [0, 0.05) is 17.5 Å². The number of carbonyl (C=O) groups is 2. The molecule has 0 unspecified atom stereocenters. The van der Waals surface area contributed by atoms with Gasteiger partial charge in [-0.2, -0.15) is 0 Å². The van der Waals surface area contributed by atoms with Crippen LogP contribution in [0.4, 0.5) is 4.39 Å². The van der Waals surface area contributed by atoms with Gasteiger partial charge in [-0.3, -0.25) is 9.59 Å². The third-order valence-corrected chi connectivity index (χ3v) is 2.30. The first-order valence-electron chi connectivity index (χ1n) is 4.23. The molecule has 0 fully saturated rings. The molecule has 0 bridgehead atoms. The maximum atomic E-state index is 13.1. The van der Waals surface area contributed by atoms with E-state index < -0.39 is 24.2 Å². The molecule has 0 N–H and O–H groups in total. The van der Waals surface area contributed by atoms with Crippen LogP contribution in [-0.2, 0) is 9.53 Å². The molecule has 1 aromatic carbocycles. The highest BCUT2D eigenvalue weighted by atomic mass is 35.5. The van der Waals surface area contributed by atoms with Crippen LogP contribution in [0.25, 0.3) is 0 Å². The molecule has 0 radical (unpaired) electrons. The lowest BCUT2D eigenvalue weighted by atomic mass is 10.1. The van der Waals surface area contributed by atoms with Crippen molar-refractivity contribution in [1.29, 1.82) is 0 Å². The Morgan fingerprint density at radius 3 is 2.56 bits per heavy atom. The Bertz CT molecular complexity index is 446. The predicted molar refractivity (Wildman–Crippen MR) is 57.4 cm³/mol. The number of Topliss-reactive ketones (excluding diaryl/α,β-unsaturated/α-hetero) is 1. The zero-order valence-electron chi connectivity index (χ0n) is 8.22. The predicted octanol–water partition coefficient (Wildman–Crippen LogP) is 2.88. The first-order valence-corrected chi connectivity index (χ1v) is 4.98. The smallest absolute Gasteiger partial charge is 0.303 e. The van der Waals surface area contributed by atoms with Crippen LogP contribution in [0.5, 0.6) is 0 Å². The number of rotatable bonds is 3. The fourth-order valence-electron chi connectivity index (χ4n) is 1.00. The second-order valence-electron chi connectivity index (χ2n) is 2.95. The zero-order valence-corrected chi connectivity index (χ0v) is 9.73. The molecule has 0 aromatic heterocycles. The Hall–Kier alpha value is -1.13. The average molecular weight is 265 g/mol. The van der Waals surface area contributed by atoms with Gasteiger partial charge in [0.15, 0.2) is 6.61 Å². The van der Waals surface area contributed by atoms with Crippen molar-refractivity contribution < 1.29 is 18.7 Å². The summed E-state index contributed by atoms with van der Waals surface area (Å²) in [6.45, 7) is 0.669. The summed E-state index contributed by atoms with van der Waals surface area (Å²) in [4.78, 5) is 22.0. The normalized spacial score (nSPS) is 10.0. The van der Waals surface area contributed by atoms with E-state index in [4.69, 9.17) is 23.2 Å². The summed E-state index contributed by atoms with van der Waals surface area (Å²) in [5, 5.41) is -0.283. The number of hydrogen-bond donors (Lipinski definition) is 0. The minimum atomic E-state index is -0.791. The lowest BCUT2D eigenvalue weighted by Gasteiger charge is -2.05. The van der Waals surface area contributed by atoms with Gasteiger partial charge in [0.2, 0.25) is 5.78 Å². The Morgan fingerprint density at radius 2 is 2.00 bits per heavy atom. The standard InChI is InChI=1S/C10H7Cl2FO3/c1-5(14)16-4-9(15)7-2-6(11)3-8(13)10(7)12/h2-3H,4H2,1H3. The molecule has 0 atom stereocenters. The van der Waals surface area contributed by atoms with Crippen molar-refractivity contribution >= 4 is 35.0 Å². The molecule has 0 aliphatic heterocycles. The first kappa shape index (κ1) is 12.9. The summed E-state index contributed by atoms with van der Waals surface area (Å²) < 4.78 is 17.6. The summed E-state index contributed by atoms with van der Waals surface area (Å²) in [6, 6.07) is 2.21. The monoisotopic (exact) mass is 264 g/mol. The number of benzene rings is 1. The molecule has 0 spiro atoms. The summed E-state index contributed by atoms with van der Waals surface area (Å²) in [6.07, 6.45) is 0. The third kappa shape index (κ3) is 3.18. The van der Waals surface area contributed by atoms with E-state index in [9.17, 15) is 14.0 Å². The van der Waals surface area contributed by atoms with Crippen LogP contribution in [0.2, 0.25) is 10.0 Å². The van der Waals surface area contributed by atoms with E-state index in [0.717, 1.165) is 13.0 Å². The van der Waals surface area contributed by atoms with E-state index in [-0.39, 0.29) is 15.6 Å². The van der Waals surface area contributed by atoms with E-state index in [1.807, 2.05) is 0 Å². The van der Waals surface area contributed by atoms with E-state index in [0.29, 0.717) is 0 Å². The van der Waals surface area contributed by atoms with Crippen molar-refractivity contribution in [3.05, 3.63) is 33.6 Å². The van der Waals surface area contributed by atoms with Crippen LogP contribution in [-0.4, -0.2) is 18.4 Å². The van der Waals surface area contributed by atoms with Gasteiger partial charge < -0.3 is 4.74 Å². The Balaban J connectivity index is 2.95. The highest BCUT2D eigenvalue weighted by Crippen LogP contribution is 2.25. The van der Waals surface area contributed by atoms with Gasteiger partial charge in [-0.05, 0) is 12.1 Å². The van der Waals surface area contributed by atoms with Crippen molar-refractivity contribution in [2.75, 3.05) is 6.61 Å². The van der Waals surface area contributed by atoms with Crippen LogP contribution in [0, 0.1) is 5.82 Å². The topological polar surface area (TPSA) is 43.4 Å². The average Bonchev–Trinajstić information content (AvgIpc) is 2.19. The van der Waals surface area contributed by atoms with Crippen molar-refractivity contribution in [3.8, 4) is 0 Å². The molecule has 0 heterocycles. The van der Waals surface area contributed by atoms with Gasteiger partial charge >= 0.3 is 5.97 Å². The Labute approximate surface area is 101 Å². The number of ether oxygens (including phenoxy) is 1. The molecule has 16 heavy (non-hydrogen) atoms. The van der Waals surface area contributed by atoms with E-state index in [1.54, 1.807) is 0 Å². The second kappa shape index (κ2) is 5.27. The Morgan fingerprint density at radius 1 is 1.38 bits per heavy atom. The van der Waals surface area contributed by atoms with E-state index >= 15 is 0 Å². The van der Waals surface area contributed by atoms with Crippen molar-refractivity contribution in [2.24, 2.45) is 0 Å². The number of ketones is 1. The van der Waals surface area contributed by atoms with Gasteiger partial charge in [0.1, 0.15) is 5.82 Å². The van der Waals surface area contributed by atoms with Crippen LogP contribution in [0.3, 0.4) is 0 Å². The lowest BCUT2D eigenvalue weighted by molar-refractivity contribution is -0.139. The van der Waals surface area contributed by atoms with Crippen molar-refractivity contribution in [3.63, 3.8) is 0 Å². The maximum Gasteiger partial charge on any atom is 0.303 e. The van der Waals surface area contributed by atoms with Gasteiger partial charge in [-0.25, -0.2) is 4.39 Å². The number of esters is 1. The molecule has 1 aromatic rings. The third-order valence-electron chi connectivity index (χ3n) is 1.70. The van der Waals surface area contributed by atoms with Crippen LogP contribution >= 0.6 is 23.2 Å². The van der Waals surface area contributed by atoms with Crippen LogP contribution in [0.1, 0.15) is 17.3 Å². The second-order valence-corrected chi connectivity index (χ2v) is 3.77. The highest BCUT2D eigenvalue weighted by molar-refractivity contribution is 6.36. The van der Waals surface area contributed by atoms with E-state index in [2.05, 4.69) is 4.74 Å². The SMILES string of the molecule is CC(=O)OCC(=O)c1cc(Cl)cc(F)c1Cl. The van der Waals surface area contributed by atoms with Crippen molar-refractivity contribution in [2.45, 2.75) is 6.92 Å². The minimum Gasteiger partial charge on any atom is -0.457 e. The van der Waals surface area contributed by atoms with Gasteiger partial charge in [-0.15, -0.1) is 0 Å². The fourth-order valence-corrected chi connectivity index (χ4v) is 1.42. The summed E-state index contributed by atoms with van der Waals surface area (Å²) in [7, 11) is 0. The molecular formula is C10H7Cl2FO3. The van der Waals surface area contributed by atoms with Crippen LogP contribution < -0.4 is 0 Å². The van der Waals surface area contributed by atoms with Gasteiger partial charge in [0.25, 0.3) is 0 Å². The minimum absolute atomic E-state index is 0.0491. The largest absolute Gasteiger partial charge is 0.457 e. The van der Waals surface area contributed by atoms with Gasteiger partial charge in [0.05, 0.1) is 5.02 Å². The fraction of sp³-hybridized carbons (Fsp3) is 0.200. The first-order chi connectivity index (χ1) is 7.41. The highest BCUT2D eigenvalue weighted by Gasteiger charge is 2.16. The molecule has 0 aliphatic rings. The molecule has 6 heteroatoms. The number of hydrogen-bond acceptors (Lipinski definition) is 3. The molecule has 86 valence electrons. The van der Waals surface area contributed by atoms with Gasteiger partial charge in [-0.1, -0.05) is 23.2 Å². The molecule has 1 rings (SSSR count). The molecule has 0 aliphatic carbocycles. The van der Waals surface area contributed by atoms with E-state index in [1.165, 1.54) is 6.07 Å². The number of carbonyl (C=O) groups excluding carboxylic acids is 2. The molecule has 3 nitrogen and oxygen atoms in total. The van der Waals surface area contributed by atoms with Crippen molar-refractivity contribution in [1.82, 2.24) is 0 Å². The quantitative estimate of drug-likeness (QED) is 0.479. The molecule has 0 saturated carbocycles. The van der Waals surface area contributed by atoms with Crippen LogP contribution in [0.15, 0.2) is 12.1 Å². The summed E-state index contributed by atoms with van der Waals surface area (Å²) in [5.74, 6) is -2.01. The summed E-state index contributed by atoms with van der Waals surface area (Å²) >= 11 is 11.2. The summed E-state index contributed by atoms with van der Waals surface area (Å²) in [5.41, 5.74) is -0.104. The molecular weight excluding hydrogens is 258 g/mol. The maximum absolute atomic E-state index is 13.1. The molecule has 0 amide bonds. The lowest BCUT2D eigenvalue weighted by Crippen LogP contribution is -2.12. The zero-order chi connectivity index (χ0) is 12.3. The Kier molecular flexibility index (Phi) is 4.26. The molecule has 0 saturated heterocycles. The number of halogens is 3.